The molecule has 0 radical (unpaired) electrons. The first kappa shape index (κ1) is 20.4. The lowest BCUT2D eigenvalue weighted by Crippen LogP contribution is -2.52. The van der Waals surface area contributed by atoms with Gasteiger partial charge in [0, 0.05) is 38.6 Å². The molecule has 0 saturated carbocycles. The number of rotatable bonds is 4. The molecule has 32 heavy (non-hydrogen) atoms. The van der Waals surface area contributed by atoms with E-state index in [1.54, 1.807) is 30.3 Å². The fourth-order valence-corrected chi connectivity index (χ4v) is 4.76. The van der Waals surface area contributed by atoms with E-state index in [-0.39, 0.29) is 18.4 Å². The molecule has 0 bridgehead atoms. The summed E-state index contributed by atoms with van der Waals surface area (Å²) in [6.07, 6.45) is 6.53. The second-order valence-corrected chi connectivity index (χ2v) is 8.70. The molecule has 1 aromatic carbocycles. The van der Waals surface area contributed by atoms with E-state index in [0.29, 0.717) is 32.1 Å². The second kappa shape index (κ2) is 7.89. The number of amides is 4. The van der Waals surface area contributed by atoms with Crippen LogP contribution in [0.2, 0.25) is 0 Å². The van der Waals surface area contributed by atoms with Crippen LogP contribution < -0.4 is 10.2 Å². The van der Waals surface area contributed by atoms with Gasteiger partial charge in [0.2, 0.25) is 11.9 Å². The van der Waals surface area contributed by atoms with Crippen molar-refractivity contribution < 1.29 is 14.4 Å². The fourth-order valence-electron chi connectivity index (χ4n) is 4.76. The van der Waals surface area contributed by atoms with E-state index in [2.05, 4.69) is 15.3 Å². The molecule has 3 aliphatic rings. The van der Waals surface area contributed by atoms with Gasteiger partial charge in [-0.3, -0.25) is 14.5 Å². The number of urea groups is 1. The molecular formula is C23H26N6O3. The van der Waals surface area contributed by atoms with Gasteiger partial charge in [0.05, 0.1) is 0 Å². The summed E-state index contributed by atoms with van der Waals surface area (Å²) in [4.78, 5) is 52.0. The molecule has 166 valence electrons. The van der Waals surface area contributed by atoms with E-state index in [9.17, 15) is 14.4 Å². The van der Waals surface area contributed by atoms with Crippen LogP contribution in [-0.4, -0.2) is 70.3 Å². The van der Waals surface area contributed by atoms with Crippen LogP contribution in [0.1, 0.15) is 30.0 Å². The molecule has 2 saturated heterocycles. The molecule has 1 atom stereocenters. The number of anilines is 1. The number of fused-ring (bicyclic) bond motifs is 1. The average molecular weight is 435 g/mol. The number of benzene rings is 1. The Labute approximate surface area is 186 Å². The largest absolute Gasteiger partial charge is 0.338 e. The third-order valence-electron chi connectivity index (χ3n) is 6.71. The van der Waals surface area contributed by atoms with Gasteiger partial charge in [-0.05, 0) is 48.9 Å². The third-order valence-corrected chi connectivity index (χ3v) is 6.71. The van der Waals surface area contributed by atoms with E-state index in [4.69, 9.17) is 0 Å². The maximum atomic E-state index is 13.2. The highest BCUT2D eigenvalue weighted by molar-refractivity contribution is 6.09. The van der Waals surface area contributed by atoms with Crippen molar-refractivity contribution in [3.8, 4) is 0 Å². The molecular weight excluding hydrogens is 408 g/mol. The Morgan fingerprint density at radius 2 is 1.78 bits per heavy atom. The van der Waals surface area contributed by atoms with E-state index in [1.807, 2.05) is 23.1 Å². The molecule has 5 rings (SSSR count). The summed E-state index contributed by atoms with van der Waals surface area (Å²) < 4.78 is 0. The highest BCUT2D eigenvalue weighted by Gasteiger charge is 2.50. The van der Waals surface area contributed by atoms with Crippen molar-refractivity contribution in [2.45, 2.75) is 31.7 Å². The topological polar surface area (TPSA) is 98.7 Å². The number of hydrogen-bond donors (Lipinski definition) is 1. The quantitative estimate of drug-likeness (QED) is 0.723. The lowest BCUT2D eigenvalue weighted by atomic mass is 9.89. The summed E-state index contributed by atoms with van der Waals surface area (Å²) in [5, 5.41) is 2.82. The molecule has 4 amide bonds. The van der Waals surface area contributed by atoms with Crippen LogP contribution in [0.3, 0.4) is 0 Å². The van der Waals surface area contributed by atoms with Gasteiger partial charge >= 0.3 is 6.03 Å². The molecule has 3 heterocycles. The predicted octanol–water partition coefficient (Wildman–Crippen LogP) is 1.08. The summed E-state index contributed by atoms with van der Waals surface area (Å²) in [6, 6.07) is 7.22. The molecule has 0 unspecified atom stereocenters. The summed E-state index contributed by atoms with van der Waals surface area (Å²) >= 11 is 0. The number of hydrogen-bond acceptors (Lipinski definition) is 6. The fraction of sp³-hybridized carbons (Fsp3) is 0.435. The average Bonchev–Trinajstić information content (AvgIpc) is 3.38. The van der Waals surface area contributed by atoms with Gasteiger partial charge in [0.15, 0.2) is 0 Å². The van der Waals surface area contributed by atoms with Crippen molar-refractivity contribution in [2.75, 3.05) is 37.6 Å². The molecule has 0 spiro atoms. The van der Waals surface area contributed by atoms with Gasteiger partial charge in [-0.25, -0.2) is 14.8 Å². The monoisotopic (exact) mass is 434 g/mol. The van der Waals surface area contributed by atoms with Crippen LogP contribution in [0.15, 0.2) is 36.7 Å². The first-order valence-electron chi connectivity index (χ1n) is 11.0. The van der Waals surface area contributed by atoms with E-state index in [1.165, 1.54) is 11.1 Å². The normalized spacial score (nSPS) is 22.8. The zero-order valence-electron chi connectivity index (χ0n) is 18.1. The standard InChI is InChI=1S/C23H26N6O3/c1-23(18-7-6-16-4-2-5-17(16)14-18)20(31)29(22(32)26-23)15-19(30)27-10-12-28(13-11-27)21-24-8-3-9-25-21/h3,6-9,14H,2,4-5,10-13,15H2,1H3,(H,26,32)/t23-/m1/s1. The van der Waals surface area contributed by atoms with Gasteiger partial charge in [-0.1, -0.05) is 18.2 Å². The van der Waals surface area contributed by atoms with Crippen LogP contribution in [0.4, 0.5) is 10.7 Å². The molecule has 9 nitrogen and oxygen atoms in total. The Balaban J connectivity index is 1.24. The molecule has 9 heteroatoms. The first-order valence-corrected chi connectivity index (χ1v) is 11.0. The zero-order valence-corrected chi connectivity index (χ0v) is 18.1. The molecule has 1 aromatic heterocycles. The van der Waals surface area contributed by atoms with E-state index >= 15 is 0 Å². The Bertz CT molecular complexity index is 1070. The van der Waals surface area contributed by atoms with Gasteiger partial charge < -0.3 is 15.1 Å². The van der Waals surface area contributed by atoms with Crippen LogP contribution in [0, 0.1) is 0 Å². The summed E-state index contributed by atoms with van der Waals surface area (Å²) in [7, 11) is 0. The van der Waals surface area contributed by atoms with Crippen LogP contribution in [0.25, 0.3) is 0 Å². The lowest BCUT2D eigenvalue weighted by molar-refractivity contribution is -0.139. The van der Waals surface area contributed by atoms with Gasteiger partial charge in [-0.15, -0.1) is 0 Å². The smallest absolute Gasteiger partial charge is 0.325 e. The predicted molar refractivity (Wildman–Crippen MR) is 117 cm³/mol. The molecule has 2 aromatic rings. The lowest BCUT2D eigenvalue weighted by Gasteiger charge is -2.35. The number of aryl methyl sites for hydroxylation is 2. The van der Waals surface area contributed by atoms with Crippen LogP contribution >= 0.6 is 0 Å². The van der Waals surface area contributed by atoms with Crippen molar-refractivity contribution in [3.63, 3.8) is 0 Å². The second-order valence-electron chi connectivity index (χ2n) is 8.70. The minimum atomic E-state index is -1.15. The number of carbonyl (C=O) groups is 3. The maximum Gasteiger partial charge on any atom is 0.325 e. The summed E-state index contributed by atoms with van der Waals surface area (Å²) in [6.45, 7) is 3.64. The molecule has 2 aliphatic heterocycles. The number of nitrogens with one attached hydrogen (secondary N) is 1. The van der Waals surface area contributed by atoms with Crippen molar-refractivity contribution in [1.82, 2.24) is 25.1 Å². The van der Waals surface area contributed by atoms with Crippen molar-refractivity contribution in [1.29, 1.82) is 0 Å². The van der Waals surface area contributed by atoms with Crippen molar-refractivity contribution in [2.24, 2.45) is 0 Å². The van der Waals surface area contributed by atoms with Gasteiger partial charge in [-0.2, -0.15) is 0 Å². The molecule has 2 fully saturated rings. The number of nitrogens with zero attached hydrogens (tertiary/aromatic N) is 5. The Morgan fingerprint density at radius 1 is 1.06 bits per heavy atom. The minimum Gasteiger partial charge on any atom is -0.338 e. The number of aromatic nitrogens is 2. The van der Waals surface area contributed by atoms with Gasteiger partial charge in [0.25, 0.3) is 5.91 Å². The Hall–Kier alpha value is -3.49. The SMILES string of the molecule is C[C@]1(c2ccc3c(c2)CCC3)NC(=O)N(CC(=O)N2CCN(c3ncccn3)CC2)C1=O. The molecule has 1 N–H and O–H groups in total. The number of imide groups is 1. The van der Waals surface area contributed by atoms with Crippen LogP contribution in [0.5, 0.6) is 0 Å². The van der Waals surface area contributed by atoms with Crippen LogP contribution in [-0.2, 0) is 28.0 Å². The Kier molecular flexibility index (Phi) is 5.03. The van der Waals surface area contributed by atoms with Crippen molar-refractivity contribution in [3.05, 3.63) is 53.3 Å². The number of carbonyl (C=O) groups excluding carboxylic acids is 3. The summed E-state index contributed by atoms with van der Waals surface area (Å²) in [5.74, 6) is 0.0178. The van der Waals surface area contributed by atoms with E-state index < -0.39 is 11.6 Å². The first-order chi connectivity index (χ1) is 15.5. The highest BCUT2D eigenvalue weighted by Crippen LogP contribution is 2.32. The van der Waals surface area contributed by atoms with Crippen molar-refractivity contribution >= 4 is 23.8 Å². The summed E-state index contributed by atoms with van der Waals surface area (Å²) in [5.41, 5.74) is 2.16. The minimum absolute atomic E-state index is 0.236. The van der Waals surface area contributed by atoms with E-state index in [0.717, 1.165) is 29.7 Å². The highest BCUT2D eigenvalue weighted by atomic mass is 16.2. The molecule has 1 aliphatic carbocycles. The number of piperazine rings is 1. The Morgan fingerprint density at radius 3 is 2.53 bits per heavy atom. The maximum absolute atomic E-state index is 13.2. The van der Waals surface area contributed by atoms with Gasteiger partial charge in [0.1, 0.15) is 12.1 Å². The zero-order chi connectivity index (χ0) is 22.3. The third kappa shape index (κ3) is 3.47.